The number of esters is 3. The molecule has 15 heteroatoms. The molecule has 3 atom stereocenters. The van der Waals surface area contributed by atoms with Crippen molar-refractivity contribution < 1.29 is 71.8 Å². The Kier molecular flexibility index (Phi) is 15.6. The molecule has 2 aromatic carbocycles. The van der Waals surface area contributed by atoms with Gasteiger partial charge >= 0.3 is 36.2 Å². The number of benzene rings is 2. The number of hydrogen-bond donors (Lipinski definition) is 1. The standard InChI is InChI=1S/C38H42O15/c1-5-31(39)47-21-9-11-23-49-35(44)51-27-17-15-26(16-18-27)34(43)52-38(53-36(45)50-24-12-10-22-48-32(40)6-2)20-19-29(33(41)42)37(3,25-38)28-13-7-8-14-30(28)46-4/h5-8,13-20,29H,1-2,9-12,21-25H2,3-4H3,(H,41,42). The maximum atomic E-state index is 13.6. The average molecular weight is 739 g/mol. The maximum absolute atomic E-state index is 13.6. The topological polar surface area (TPSA) is 196 Å². The van der Waals surface area contributed by atoms with Gasteiger partial charge in [-0.15, -0.1) is 0 Å². The lowest BCUT2D eigenvalue weighted by Crippen LogP contribution is -2.51. The van der Waals surface area contributed by atoms with Gasteiger partial charge in [-0.1, -0.05) is 44.4 Å². The molecule has 2 aromatic rings. The van der Waals surface area contributed by atoms with Crippen LogP contribution in [-0.4, -0.2) is 80.6 Å². The Morgan fingerprint density at radius 1 is 0.774 bits per heavy atom. The smallest absolute Gasteiger partial charge is 0.496 e. The third-order valence-electron chi connectivity index (χ3n) is 7.98. The predicted octanol–water partition coefficient (Wildman–Crippen LogP) is 5.85. The molecule has 0 aromatic heterocycles. The van der Waals surface area contributed by atoms with Crippen LogP contribution in [0, 0.1) is 5.92 Å². The lowest BCUT2D eigenvalue weighted by atomic mass is 9.64. The molecule has 0 saturated heterocycles. The van der Waals surface area contributed by atoms with Gasteiger partial charge in [-0.3, -0.25) is 4.79 Å². The maximum Gasteiger partial charge on any atom is 0.513 e. The SMILES string of the molecule is C=CC(=O)OCCCCOC(=O)Oc1ccc(C(=O)OC2(OC(=O)OCCCCOC(=O)C=C)C=CC(C(=O)O)C(C)(c3ccccc3OC)C2)cc1. The van der Waals surface area contributed by atoms with Gasteiger partial charge in [0.05, 0.1) is 45.0 Å². The Hall–Kier alpha value is -6.12. The van der Waals surface area contributed by atoms with E-state index in [2.05, 4.69) is 13.2 Å². The van der Waals surface area contributed by atoms with Crippen LogP contribution in [0.3, 0.4) is 0 Å². The molecule has 0 aliphatic heterocycles. The first-order valence-electron chi connectivity index (χ1n) is 16.5. The summed E-state index contributed by atoms with van der Waals surface area (Å²) < 4.78 is 42.2. The fourth-order valence-electron chi connectivity index (χ4n) is 5.38. The third-order valence-corrected chi connectivity index (χ3v) is 7.98. The van der Waals surface area contributed by atoms with E-state index in [9.17, 15) is 33.9 Å². The largest absolute Gasteiger partial charge is 0.513 e. The van der Waals surface area contributed by atoms with Crippen molar-refractivity contribution >= 4 is 36.2 Å². The number of para-hydroxylation sites is 1. The number of carbonyl (C=O) groups excluding carboxylic acids is 5. The molecule has 0 fully saturated rings. The highest BCUT2D eigenvalue weighted by Gasteiger charge is 2.54. The molecule has 0 bridgehead atoms. The van der Waals surface area contributed by atoms with Gasteiger partial charge in [-0.05, 0) is 62.1 Å². The summed E-state index contributed by atoms with van der Waals surface area (Å²) in [5, 5.41) is 10.2. The van der Waals surface area contributed by atoms with Gasteiger partial charge in [0.25, 0.3) is 5.79 Å². The minimum absolute atomic E-state index is 0.00852. The Morgan fingerprint density at radius 2 is 1.32 bits per heavy atom. The molecule has 0 amide bonds. The summed E-state index contributed by atoms with van der Waals surface area (Å²) in [4.78, 5) is 73.5. The number of unbranched alkanes of at least 4 members (excludes halogenated alkanes) is 2. The van der Waals surface area contributed by atoms with Crippen LogP contribution >= 0.6 is 0 Å². The van der Waals surface area contributed by atoms with Gasteiger partial charge in [-0.25, -0.2) is 24.0 Å². The number of methoxy groups -OCH3 is 1. The summed E-state index contributed by atoms with van der Waals surface area (Å²) in [6.45, 7) is 8.32. The molecule has 0 spiro atoms. The Bertz CT molecular complexity index is 1660. The van der Waals surface area contributed by atoms with E-state index in [1.807, 2.05) is 0 Å². The highest BCUT2D eigenvalue weighted by Crippen LogP contribution is 2.49. The van der Waals surface area contributed by atoms with Gasteiger partial charge in [0.15, 0.2) is 0 Å². The van der Waals surface area contributed by atoms with E-state index < -0.39 is 53.3 Å². The number of carboxylic acid groups (broad SMARTS) is 1. The second-order valence-corrected chi connectivity index (χ2v) is 11.8. The lowest BCUT2D eigenvalue weighted by Gasteiger charge is -2.44. The van der Waals surface area contributed by atoms with Crippen LogP contribution < -0.4 is 9.47 Å². The molecule has 0 heterocycles. The van der Waals surface area contributed by atoms with E-state index in [-0.39, 0.29) is 44.2 Å². The van der Waals surface area contributed by atoms with E-state index in [1.165, 1.54) is 43.5 Å². The van der Waals surface area contributed by atoms with Crippen molar-refractivity contribution in [3.05, 3.63) is 97.1 Å². The average Bonchev–Trinajstić information content (AvgIpc) is 3.14. The van der Waals surface area contributed by atoms with Crippen LogP contribution in [0.25, 0.3) is 0 Å². The molecule has 53 heavy (non-hydrogen) atoms. The van der Waals surface area contributed by atoms with Crippen LogP contribution in [0.15, 0.2) is 86.0 Å². The molecule has 3 unspecified atom stereocenters. The Morgan fingerprint density at radius 3 is 1.87 bits per heavy atom. The normalized spacial score (nSPS) is 18.7. The highest BCUT2D eigenvalue weighted by molar-refractivity contribution is 5.90. The van der Waals surface area contributed by atoms with Gasteiger partial charge < -0.3 is 43.0 Å². The number of ether oxygens (including phenoxy) is 8. The summed E-state index contributed by atoms with van der Waals surface area (Å²) in [6, 6.07) is 12.0. The van der Waals surface area contributed by atoms with E-state index in [1.54, 1.807) is 31.2 Å². The second-order valence-electron chi connectivity index (χ2n) is 11.8. The highest BCUT2D eigenvalue weighted by atomic mass is 16.8. The van der Waals surface area contributed by atoms with Crippen LogP contribution in [0.1, 0.15) is 54.9 Å². The summed E-state index contributed by atoms with van der Waals surface area (Å²) in [7, 11) is 1.43. The van der Waals surface area contributed by atoms with Crippen molar-refractivity contribution in [1.29, 1.82) is 0 Å². The van der Waals surface area contributed by atoms with Crippen molar-refractivity contribution in [2.45, 2.75) is 50.2 Å². The van der Waals surface area contributed by atoms with Crippen molar-refractivity contribution in [3.63, 3.8) is 0 Å². The van der Waals surface area contributed by atoms with Crippen LogP contribution in [0.4, 0.5) is 9.59 Å². The third kappa shape index (κ3) is 12.3. The van der Waals surface area contributed by atoms with Crippen molar-refractivity contribution in [1.82, 2.24) is 0 Å². The summed E-state index contributed by atoms with van der Waals surface area (Å²) in [5.74, 6) is -6.19. The molecule has 0 radical (unpaired) electrons. The van der Waals surface area contributed by atoms with Crippen molar-refractivity contribution in [2.24, 2.45) is 5.92 Å². The van der Waals surface area contributed by atoms with E-state index >= 15 is 0 Å². The van der Waals surface area contributed by atoms with Gasteiger partial charge in [0.2, 0.25) is 0 Å². The number of carboxylic acids is 1. The molecule has 1 N–H and O–H groups in total. The van der Waals surface area contributed by atoms with Gasteiger partial charge in [0, 0.05) is 29.6 Å². The van der Waals surface area contributed by atoms with Crippen LogP contribution in [0.2, 0.25) is 0 Å². The monoisotopic (exact) mass is 738 g/mol. The zero-order valence-corrected chi connectivity index (χ0v) is 29.4. The van der Waals surface area contributed by atoms with Crippen molar-refractivity contribution in [3.8, 4) is 11.5 Å². The number of carbonyl (C=O) groups is 6. The first-order chi connectivity index (χ1) is 25.4. The zero-order chi connectivity index (χ0) is 38.9. The zero-order valence-electron chi connectivity index (χ0n) is 29.4. The predicted molar refractivity (Wildman–Crippen MR) is 185 cm³/mol. The van der Waals surface area contributed by atoms with E-state index in [4.69, 9.17) is 37.9 Å². The lowest BCUT2D eigenvalue weighted by molar-refractivity contribution is -0.170. The number of rotatable bonds is 19. The van der Waals surface area contributed by atoms with Gasteiger partial charge in [-0.2, -0.15) is 0 Å². The van der Waals surface area contributed by atoms with Crippen LogP contribution in [0.5, 0.6) is 11.5 Å². The number of aliphatic carboxylic acids is 1. The Labute approximate surface area is 306 Å². The molecular weight excluding hydrogens is 696 g/mol. The molecule has 0 saturated carbocycles. The summed E-state index contributed by atoms with van der Waals surface area (Å²) >= 11 is 0. The first kappa shape index (κ1) is 41.3. The quantitative estimate of drug-likeness (QED) is 0.0342. The summed E-state index contributed by atoms with van der Waals surface area (Å²) in [6.07, 6.45) is 3.51. The first-order valence-corrected chi connectivity index (χ1v) is 16.5. The minimum Gasteiger partial charge on any atom is -0.496 e. The van der Waals surface area contributed by atoms with Gasteiger partial charge in [0.1, 0.15) is 11.5 Å². The minimum atomic E-state index is -2.15. The fourth-order valence-corrected chi connectivity index (χ4v) is 5.38. The molecule has 284 valence electrons. The number of hydrogen-bond acceptors (Lipinski definition) is 14. The summed E-state index contributed by atoms with van der Waals surface area (Å²) in [5.41, 5.74) is -0.926. The second kappa shape index (κ2) is 20.1. The van der Waals surface area contributed by atoms with E-state index in [0.717, 1.165) is 12.2 Å². The Balaban J connectivity index is 1.76. The molecule has 1 aliphatic rings. The molecule has 3 rings (SSSR count). The molecular formula is C38H42O15. The van der Waals surface area contributed by atoms with E-state index in [0.29, 0.717) is 37.0 Å². The fraction of sp³-hybridized carbons (Fsp3) is 0.368. The molecule has 1 aliphatic carbocycles. The van der Waals surface area contributed by atoms with Crippen LogP contribution in [-0.2, 0) is 48.2 Å². The van der Waals surface area contributed by atoms with Crippen molar-refractivity contribution in [2.75, 3.05) is 33.5 Å². The molecule has 15 nitrogen and oxygen atoms in total.